The van der Waals surface area contributed by atoms with Crippen LogP contribution in [0.5, 0.6) is 0 Å². The summed E-state index contributed by atoms with van der Waals surface area (Å²) in [6.45, 7) is 6.98. The largest absolute Gasteiger partial charge is 0.396 e. The molecule has 2 bridgehead atoms. The number of carbonyl (C=O) groups excluding carboxylic acids is 1. The summed E-state index contributed by atoms with van der Waals surface area (Å²) >= 11 is 0. The molecule has 2 aliphatic rings. The SMILES string of the molecule is CC(C)CC(CCO)CNC(=O)N1CCC2CCC(C1)N2C. The second-order valence-electron chi connectivity index (χ2n) is 7.48. The Balaban J connectivity index is 1.81. The predicted octanol–water partition coefficient (Wildman–Crippen LogP) is 1.91. The lowest BCUT2D eigenvalue weighted by Gasteiger charge is -2.27. The Morgan fingerprint density at radius 1 is 1.27 bits per heavy atom. The van der Waals surface area contributed by atoms with Crippen molar-refractivity contribution in [3.8, 4) is 0 Å². The zero-order valence-corrected chi connectivity index (χ0v) is 14.4. The number of hydrogen-bond donors (Lipinski definition) is 2. The highest BCUT2D eigenvalue weighted by molar-refractivity contribution is 5.74. The monoisotopic (exact) mass is 311 g/mol. The summed E-state index contributed by atoms with van der Waals surface area (Å²) in [5, 5.41) is 12.3. The van der Waals surface area contributed by atoms with E-state index in [-0.39, 0.29) is 12.6 Å². The van der Waals surface area contributed by atoms with Crippen molar-refractivity contribution < 1.29 is 9.90 Å². The van der Waals surface area contributed by atoms with Gasteiger partial charge in [-0.25, -0.2) is 4.79 Å². The Morgan fingerprint density at radius 2 is 2.00 bits per heavy atom. The van der Waals surface area contributed by atoms with E-state index in [2.05, 4.69) is 31.1 Å². The molecule has 2 aliphatic heterocycles. The number of aliphatic hydroxyl groups is 1. The van der Waals surface area contributed by atoms with Crippen LogP contribution in [0.25, 0.3) is 0 Å². The summed E-state index contributed by atoms with van der Waals surface area (Å²) in [6.07, 6.45) is 5.40. The van der Waals surface area contributed by atoms with Crippen molar-refractivity contribution in [3.05, 3.63) is 0 Å². The number of fused-ring (bicyclic) bond motifs is 2. The number of rotatable bonds is 6. The third kappa shape index (κ3) is 4.59. The fourth-order valence-electron chi connectivity index (χ4n) is 3.99. The van der Waals surface area contributed by atoms with Crippen LogP contribution in [0.3, 0.4) is 0 Å². The van der Waals surface area contributed by atoms with Crippen LogP contribution >= 0.6 is 0 Å². The molecule has 3 atom stereocenters. The predicted molar refractivity (Wildman–Crippen MR) is 88.8 cm³/mol. The fourth-order valence-corrected chi connectivity index (χ4v) is 3.99. The molecule has 2 saturated heterocycles. The van der Waals surface area contributed by atoms with E-state index in [1.54, 1.807) is 0 Å². The average molecular weight is 311 g/mol. The zero-order valence-electron chi connectivity index (χ0n) is 14.4. The van der Waals surface area contributed by atoms with E-state index in [4.69, 9.17) is 0 Å². The highest BCUT2D eigenvalue weighted by atomic mass is 16.3. The van der Waals surface area contributed by atoms with Gasteiger partial charge in [-0.15, -0.1) is 0 Å². The molecular formula is C17H33N3O2. The zero-order chi connectivity index (χ0) is 16.1. The van der Waals surface area contributed by atoms with Gasteiger partial charge >= 0.3 is 6.03 Å². The number of amides is 2. The number of nitrogens with zero attached hydrogens (tertiary/aromatic N) is 2. The number of urea groups is 1. The molecule has 0 aromatic carbocycles. The van der Waals surface area contributed by atoms with E-state index in [1.807, 2.05) is 4.90 Å². The normalized spacial score (nSPS) is 27.0. The van der Waals surface area contributed by atoms with Gasteiger partial charge in [0.05, 0.1) is 0 Å². The van der Waals surface area contributed by atoms with Crippen molar-refractivity contribution in [3.63, 3.8) is 0 Å². The number of hydrogen-bond acceptors (Lipinski definition) is 3. The van der Waals surface area contributed by atoms with Gasteiger partial charge in [-0.1, -0.05) is 13.8 Å². The third-order valence-electron chi connectivity index (χ3n) is 5.32. The number of likely N-dealkylation sites (N-methyl/N-ethyl adjacent to an activating group) is 1. The maximum Gasteiger partial charge on any atom is 0.317 e. The maximum atomic E-state index is 12.5. The van der Waals surface area contributed by atoms with Gasteiger partial charge in [-0.3, -0.25) is 4.90 Å². The molecule has 128 valence electrons. The van der Waals surface area contributed by atoms with Gasteiger partial charge in [-0.05, 0) is 51.0 Å². The first-order valence-electron chi connectivity index (χ1n) is 8.86. The Kier molecular flexibility index (Phi) is 6.50. The molecule has 2 N–H and O–H groups in total. The molecular weight excluding hydrogens is 278 g/mol. The highest BCUT2D eigenvalue weighted by Crippen LogP contribution is 2.28. The number of carbonyl (C=O) groups is 1. The Labute approximate surface area is 135 Å². The molecule has 0 aromatic rings. The maximum absolute atomic E-state index is 12.5. The van der Waals surface area contributed by atoms with E-state index in [0.717, 1.165) is 32.4 Å². The van der Waals surface area contributed by atoms with E-state index >= 15 is 0 Å². The molecule has 2 amide bonds. The van der Waals surface area contributed by atoms with Crippen LogP contribution in [0.2, 0.25) is 0 Å². The third-order valence-corrected chi connectivity index (χ3v) is 5.32. The molecule has 2 rings (SSSR count). The van der Waals surface area contributed by atoms with Crippen LogP contribution in [0.15, 0.2) is 0 Å². The molecule has 0 aromatic heterocycles. The first-order chi connectivity index (χ1) is 10.5. The van der Waals surface area contributed by atoms with Gasteiger partial charge < -0.3 is 15.3 Å². The first-order valence-corrected chi connectivity index (χ1v) is 8.86. The second kappa shape index (κ2) is 8.16. The second-order valence-corrected chi connectivity index (χ2v) is 7.48. The minimum Gasteiger partial charge on any atom is -0.396 e. The molecule has 2 heterocycles. The van der Waals surface area contributed by atoms with E-state index < -0.39 is 0 Å². The van der Waals surface area contributed by atoms with Crippen molar-refractivity contribution in [1.29, 1.82) is 0 Å². The molecule has 5 heteroatoms. The van der Waals surface area contributed by atoms with Crippen LogP contribution in [0, 0.1) is 11.8 Å². The van der Waals surface area contributed by atoms with E-state index in [9.17, 15) is 9.90 Å². The molecule has 22 heavy (non-hydrogen) atoms. The minimum absolute atomic E-state index is 0.0765. The van der Waals surface area contributed by atoms with Crippen molar-refractivity contribution >= 4 is 6.03 Å². The van der Waals surface area contributed by atoms with Crippen molar-refractivity contribution in [2.75, 3.05) is 33.3 Å². The van der Waals surface area contributed by atoms with Crippen molar-refractivity contribution in [2.24, 2.45) is 11.8 Å². The van der Waals surface area contributed by atoms with Crippen LogP contribution in [-0.4, -0.2) is 66.3 Å². The number of likely N-dealkylation sites (tertiary alicyclic amines) is 1. The molecule has 0 spiro atoms. The van der Waals surface area contributed by atoms with E-state index in [0.29, 0.717) is 30.5 Å². The molecule has 0 aliphatic carbocycles. The lowest BCUT2D eigenvalue weighted by molar-refractivity contribution is 0.183. The lowest BCUT2D eigenvalue weighted by Crippen LogP contribution is -2.46. The van der Waals surface area contributed by atoms with Crippen molar-refractivity contribution in [2.45, 2.75) is 58.0 Å². The topological polar surface area (TPSA) is 55.8 Å². The minimum atomic E-state index is 0.0765. The number of nitrogens with one attached hydrogen (secondary N) is 1. The summed E-state index contributed by atoms with van der Waals surface area (Å²) in [4.78, 5) is 16.9. The Bertz CT molecular complexity index is 362. The average Bonchev–Trinajstić information content (AvgIpc) is 2.69. The Morgan fingerprint density at radius 3 is 2.68 bits per heavy atom. The lowest BCUT2D eigenvalue weighted by atomic mass is 9.94. The molecule has 5 nitrogen and oxygen atoms in total. The van der Waals surface area contributed by atoms with Crippen LogP contribution in [-0.2, 0) is 0 Å². The van der Waals surface area contributed by atoms with Gasteiger partial charge in [0.1, 0.15) is 0 Å². The van der Waals surface area contributed by atoms with E-state index in [1.165, 1.54) is 12.8 Å². The quantitative estimate of drug-likeness (QED) is 0.788. The molecule has 0 radical (unpaired) electrons. The van der Waals surface area contributed by atoms with Gasteiger partial charge in [-0.2, -0.15) is 0 Å². The summed E-state index contributed by atoms with van der Waals surface area (Å²) in [5.74, 6) is 0.969. The summed E-state index contributed by atoms with van der Waals surface area (Å²) in [7, 11) is 2.20. The first kappa shape index (κ1) is 17.5. The highest BCUT2D eigenvalue weighted by Gasteiger charge is 2.35. The molecule has 0 saturated carbocycles. The number of aliphatic hydroxyl groups excluding tert-OH is 1. The fraction of sp³-hybridized carbons (Fsp3) is 0.941. The summed E-state index contributed by atoms with van der Waals surface area (Å²) < 4.78 is 0. The summed E-state index contributed by atoms with van der Waals surface area (Å²) in [6, 6.07) is 1.26. The standard InChI is InChI=1S/C17H33N3O2/c1-13(2)10-14(7-9-21)11-18-17(22)20-8-6-15-4-5-16(12-20)19(15)3/h13-16,21H,4-12H2,1-3H3,(H,18,22). The van der Waals surface area contributed by atoms with Gasteiger partial charge in [0.25, 0.3) is 0 Å². The molecule has 2 fully saturated rings. The Hall–Kier alpha value is -0.810. The van der Waals surface area contributed by atoms with Gasteiger partial charge in [0.15, 0.2) is 0 Å². The van der Waals surface area contributed by atoms with Crippen LogP contribution in [0.4, 0.5) is 4.79 Å². The van der Waals surface area contributed by atoms with Crippen LogP contribution in [0.1, 0.15) is 46.0 Å². The van der Waals surface area contributed by atoms with Crippen molar-refractivity contribution in [1.82, 2.24) is 15.1 Å². The summed E-state index contributed by atoms with van der Waals surface area (Å²) in [5.41, 5.74) is 0. The van der Waals surface area contributed by atoms with Crippen LogP contribution < -0.4 is 5.32 Å². The smallest absolute Gasteiger partial charge is 0.317 e. The van der Waals surface area contributed by atoms with Gasteiger partial charge in [0, 0.05) is 38.3 Å². The van der Waals surface area contributed by atoms with Gasteiger partial charge in [0.2, 0.25) is 0 Å². The molecule has 3 unspecified atom stereocenters.